The zero-order valence-corrected chi connectivity index (χ0v) is 14.6. The highest BCUT2D eigenvalue weighted by Gasteiger charge is 2.27. The number of carbonyl (C=O) groups is 1. The van der Waals surface area contributed by atoms with E-state index in [-0.39, 0.29) is 12.1 Å². The molecule has 1 unspecified atom stereocenters. The molecule has 3 rings (SSSR count). The smallest absolute Gasteiger partial charge is 0.410 e. The lowest BCUT2D eigenvalue weighted by atomic mass is 10.0. The number of ether oxygens (including phenoxy) is 1. The number of rotatable bonds is 2. The minimum atomic E-state index is -0.458. The van der Waals surface area contributed by atoms with Crippen LogP contribution in [-0.4, -0.2) is 40.7 Å². The van der Waals surface area contributed by atoms with Crippen molar-refractivity contribution < 1.29 is 9.53 Å². The third-order valence-corrected chi connectivity index (χ3v) is 4.11. The molecule has 0 spiro atoms. The van der Waals surface area contributed by atoms with Gasteiger partial charge in [-0.15, -0.1) is 0 Å². The van der Waals surface area contributed by atoms with Crippen molar-refractivity contribution in [1.29, 1.82) is 0 Å². The van der Waals surface area contributed by atoms with E-state index in [1.807, 2.05) is 39.1 Å². The van der Waals surface area contributed by atoms with E-state index in [9.17, 15) is 4.79 Å². The van der Waals surface area contributed by atoms with Crippen LogP contribution < -0.4 is 5.32 Å². The number of likely N-dealkylation sites (tertiary alicyclic amines) is 1. The van der Waals surface area contributed by atoms with Gasteiger partial charge in [0.25, 0.3) is 0 Å². The lowest BCUT2D eigenvalue weighted by Crippen LogP contribution is -2.47. The Balaban J connectivity index is 1.70. The van der Waals surface area contributed by atoms with Crippen LogP contribution in [0.2, 0.25) is 0 Å². The first-order valence-corrected chi connectivity index (χ1v) is 8.49. The number of aromatic nitrogens is 1. The predicted molar refractivity (Wildman–Crippen MR) is 96.2 cm³/mol. The van der Waals surface area contributed by atoms with Crippen molar-refractivity contribution in [2.75, 3.05) is 18.4 Å². The number of piperidine rings is 1. The van der Waals surface area contributed by atoms with Crippen molar-refractivity contribution in [2.45, 2.75) is 45.3 Å². The van der Waals surface area contributed by atoms with Gasteiger partial charge in [0, 0.05) is 48.0 Å². The summed E-state index contributed by atoms with van der Waals surface area (Å²) in [4.78, 5) is 18.3. The molecular weight excluding hydrogens is 302 g/mol. The van der Waals surface area contributed by atoms with Crippen molar-refractivity contribution in [3.05, 3.63) is 36.7 Å². The molecule has 1 aromatic heterocycles. The molecule has 0 saturated carbocycles. The number of nitrogens with zero attached hydrogens (tertiary/aromatic N) is 2. The van der Waals surface area contributed by atoms with E-state index in [2.05, 4.69) is 22.4 Å². The average Bonchev–Trinajstić information content (AvgIpc) is 2.54. The van der Waals surface area contributed by atoms with Gasteiger partial charge in [-0.1, -0.05) is 12.1 Å². The van der Waals surface area contributed by atoms with E-state index in [0.717, 1.165) is 35.8 Å². The molecule has 0 bridgehead atoms. The van der Waals surface area contributed by atoms with Gasteiger partial charge in [-0.25, -0.2) is 4.79 Å². The van der Waals surface area contributed by atoms with Gasteiger partial charge in [-0.05, 0) is 45.7 Å². The van der Waals surface area contributed by atoms with Crippen LogP contribution in [0.4, 0.5) is 10.5 Å². The Morgan fingerprint density at radius 1 is 1.33 bits per heavy atom. The molecule has 1 atom stereocenters. The Labute approximate surface area is 143 Å². The SMILES string of the molecule is CC(C)(C)OC(=O)N1CCCC(Nc2cccc3cnccc23)C1. The molecule has 1 amide bonds. The van der Waals surface area contributed by atoms with Crippen molar-refractivity contribution >= 4 is 22.6 Å². The molecule has 1 aromatic carbocycles. The minimum Gasteiger partial charge on any atom is -0.444 e. The molecular formula is C19H25N3O2. The second kappa shape index (κ2) is 6.67. The predicted octanol–water partition coefficient (Wildman–Crippen LogP) is 4.05. The second-order valence-corrected chi connectivity index (χ2v) is 7.31. The van der Waals surface area contributed by atoms with E-state index in [0.29, 0.717) is 6.54 Å². The first kappa shape index (κ1) is 16.6. The summed E-state index contributed by atoms with van der Waals surface area (Å²) in [6, 6.07) is 8.41. The fourth-order valence-electron chi connectivity index (χ4n) is 3.06. The van der Waals surface area contributed by atoms with Crippen LogP contribution in [0.3, 0.4) is 0 Å². The van der Waals surface area contributed by atoms with Crippen molar-refractivity contribution in [3.8, 4) is 0 Å². The van der Waals surface area contributed by atoms with Crippen molar-refractivity contribution in [3.63, 3.8) is 0 Å². The van der Waals surface area contributed by atoms with Crippen LogP contribution in [0.1, 0.15) is 33.6 Å². The zero-order chi connectivity index (χ0) is 17.2. The fourth-order valence-corrected chi connectivity index (χ4v) is 3.06. The van der Waals surface area contributed by atoms with Crippen LogP contribution in [0, 0.1) is 0 Å². The Morgan fingerprint density at radius 2 is 2.17 bits per heavy atom. The van der Waals surface area contributed by atoms with E-state index in [1.165, 1.54) is 0 Å². The van der Waals surface area contributed by atoms with Gasteiger partial charge in [-0.2, -0.15) is 0 Å². The van der Waals surface area contributed by atoms with E-state index < -0.39 is 5.60 Å². The summed E-state index contributed by atoms with van der Waals surface area (Å²) in [5.74, 6) is 0. The van der Waals surface area contributed by atoms with Gasteiger partial charge in [-0.3, -0.25) is 4.98 Å². The number of benzene rings is 1. The topological polar surface area (TPSA) is 54.5 Å². The number of fused-ring (bicyclic) bond motifs is 1. The maximum atomic E-state index is 12.3. The summed E-state index contributed by atoms with van der Waals surface area (Å²) < 4.78 is 5.50. The summed E-state index contributed by atoms with van der Waals surface area (Å²) in [6.45, 7) is 7.11. The molecule has 2 heterocycles. The highest BCUT2D eigenvalue weighted by molar-refractivity contribution is 5.93. The number of pyridine rings is 1. The third kappa shape index (κ3) is 3.96. The molecule has 0 aliphatic carbocycles. The summed E-state index contributed by atoms with van der Waals surface area (Å²) in [5.41, 5.74) is 0.631. The Bertz CT molecular complexity index is 719. The summed E-state index contributed by atoms with van der Waals surface area (Å²) in [7, 11) is 0. The highest BCUT2D eigenvalue weighted by Crippen LogP contribution is 2.25. The molecule has 128 valence electrons. The zero-order valence-electron chi connectivity index (χ0n) is 14.6. The number of hydrogen-bond donors (Lipinski definition) is 1. The number of anilines is 1. The van der Waals surface area contributed by atoms with Crippen molar-refractivity contribution in [1.82, 2.24) is 9.88 Å². The Hall–Kier alpha value is -2.30. The van der Waals surface area contributed by atoms with Gasteiger partial charge >= 0.3 is 6.09 Å². The minimum absolute atomic E-state index is 0.226. The first-order valence-electron chi connectivity index (χ1n) is 8.49. The van der Waals surface area contributed by atoms with Crippen LogP contribution in [0.5, 0.6) is 0 Å². The second-order valence-electron chi connectivity index (χ2n) is 7.31. The maximum absolute atomic E-state index is 12.3. The normalized spacial score (nSPS) is 18.5. The third-order valence-electron chi connectivity index (χ3n) is 4.11. The van der Waals surface area contributed by atoms with Gasteiger partial charge in [0.15, 0.2) is 0 Å². The number of nitrogens with one attached hydrogen (secondary N) is 1. The molecule has 1 aliphatic heterocycles. The average molecular weight is 327 g/mol. The lowest BCUT2D eigenvalue weighted by Gasteiger charge is -2.35. The quantitative estimate of drug-likeness (QED) is 0.904. The lowest BCUT2D eigenvalue weighted by molar-refractivity contribution is 0.0206. The monoisotopic (exact) mass is 327 g/mol. The number of carbonyl (C=O) groups excluding carboxylic acids is 1. The standard InChI is InChI=1S/C19H25N3O2/c1-19(2,3)24-18(23)22-11-5-7-15(13-22)21-17-8-4-6-14-12-20-10-9-16(14)17/h4,6,8-10,12,15,21H,5,7,11,13H2,1-3H3. The molecule has 1 fully saturated rings. The number of hydrogen-bond acceptors (Lipinski definition) is 4. The molecule has 2 aromatic rings. The van der Waals surface area contributed by atoms with Crippen LogP contribution >= 0.6 is 0 Å². The molecule has 1 saturated heterocycles. The molecule has 5 nitrogen and oxygen atoms in total. The van der Waals surface area contributed by atoms with Crippen LogP contribution in [0.15, 0.2) is 36.7 Å². The van der Waals surface area contributed by atoms with Gasteiger partial charge < -0.3 is 15.0 Å². The molecule has 24 heavy (non-hydrogen) atoms. The van der Waals surface area contributed by atoms with E-state index in [4.69, 9.17) is 4.74 Å². The number of amides is 1. The molecule has 1 aliphatic rings. The Kier molecular flexibility index (Phi) is 4.60. The summed E-state index contributed by atoms with van der Waals surface area (Å²) >= 11 is 0. The van der Waals surface area contributed by atoms with Gasteiger partial charge in [0.1, 0.15) is 5.60 Å². The van der Waals surface area contributed by atoms with Crippen molar-refractivity contribution in [2.24, 2.45) is 0 Å². The van der Waals surface area contributed by atoms with E-state index >= 15 is 0 Å². The van der Waals surface area contributed by atoms with Crippen LogP contribution in [0.25, 0.3) is 10.8 Å². The first-order chi connectivity index (χ1) is 11.4. The van der Waals surface area contributed by atoms with Crippen LogP contribution in [-0.2, 0) is 4.74 Å². The fraction of sp³-hybridized carbons (Fsp3) is 0.474. The van der Waals surface area contributed by atoms with Gasteiger partial charge in [0.05, 0.1) is 0 Å². The molecule has 1 N–H and O–H groups in total. The maximum Gasteiger partial charge on any atom is 0.410 e. The van der Waals surface area contributed by atoms with E-state index in [1.54, 1.807) is 11.1 Å². The summed E-state index contributed by atoms with van der Waals surface area (Å²) in [5, 5.41) is 5.86. The highest BCUT2D eigenvalue weighted by atomic mass is 16.6. The Morgan fingerprint density at radius 3 is 2.96 bits per heavy atom. The summed E-state index contributed by atoms with van der Waals surface area (Å²) in [6.07, 6.45) is 5.47. The van der Waals surface area contributed by atoms with Gasteiger partial charge in [0.2, 0.25) is 0 Å². The largest absolute Gasteiger partial charge is 0.444 e. The molecule has 5 heteroatoms. The molecule has 0 radical (unpaired) electrons.